The maximum absolute atomic E-state index is 12.2. The first-order valence-electron chi connectivity index (χ1n) is 7.11. The van der Waals surface area contributed by atoms with Gasteiger partial charge in [0, 0.05) is 24.4 Å². The van der Waals surface area contributed by atoms with Crippen molar-refractivity contribution in [1.82, 2.24) is 0 Å². The summed E-state index contributed by atoms with van der Waals surface area (Å²) in [5.41, 5.74) is 2.56. The number of benzene rings is 2. The number of non-ortho nitro benzene ring substituents is 1. The number of carbonyl (C=O) groups excluding carboxylic acids is 1. The van der Waals surface area contributed by atoms with E-state index in [-0.39, 0.29) is 23.2 Å². The number of anilines is 2. The summed E-state index contributed by atoms with van der Waals surface area (Å²) in [4.78, 5) is 24.4. The van der Waals surface area contributed by atoms with Gasteiger partial charge in [0.15, 0.2) is 0 Å². The zero-order valence-corrected chi connectivity index (χ0v) is 12.9. The van der Waals surface area contributed by atoms with Crippen LogP contribution in [-0.2, 0) is 11.2 Å². The minimum atomic E-state index is -0.529. The zero-order valence-electron chi connectivity index (χ0n) is 12.2. The van der Waals surface area contributed by atoms with Gasteiger partial charge in [-0.15, -0.1) is 0 Å². The van der Waals surface area contributed by atoms with Gasteiger partial charge in [-0.3, -0.25) is 14.9 Å². The highest BCUT2D eigenvalue weighted by molar-refractivity contribution is 6.34. The van der Waals surface area contributed by atoms with Crippen LogP contribution in [0.5, 0.6) is 0 Å². The highest BCUT2D eigenvalue weighted by Gasteiger charge is 2.21. The number of para-hydroxylation sites is 1. The average Bonchev–Trinajstić information content (AvgIpc) is 2.92. The molecule has 1 amide bonds. The van der Waals surface area contributed by atoms with Crippen molar-refractivity contribution in [3.05, 3.63) is 63.2 Å². The maximum atomic E-state index is 12.2. The first-order chi connectivity index (χ1) is 11.0. The highest BCUT2D eigenvalue weighted by atomic mass is 35.5. The third-order valence-electron chi connectivity index (χ3n) is 3.76. The summed E-state index contributed by atoms with van der Waals surface area (Å²) in [6.45, 7) is 1.01. The fourth-order valence-corrected chi connectivity index (χ4v) is 2.87. The molecule has 0 atom stereocenters. The smallest absolute Gasteiger partial charge is 0.271 e. The van der Waals surface area contributed by atoms with Crippen molar-refractivity contribution in [2.45, 2.75) is 6.42 Å². The molecular formula is C16H14ClN3O3. The Morgan fingerprint density at radius 1 is 1.30 bits per heavy atom. The Balaban J connectivity index is 1.68. The van der Waals surface area contributed by atoms with Gasteiger partial charge in [0.25, 0.3) is 5.69 Å². The Hall–Kier alpha value is -2.60. The molecule has 2 aromatic rings. The lowest BCUT2D eigenvalue weighted by atomic mass is 10.2. The van der Waals surface area contributed by atoms with E-state index < -0.39 is 4.92 Å². The summed E-state index contributed by atoms with van der Waals surface area (Å²) >= 11 is 5.98. The number of hydrogen-bond donors (Lipinski definition) is 1. The van der Waals surface area contributed by atoms with E-state index in [0.29, 0.717) is 5.69 Å². The summed E-state index contributed by atoms with van der Waals surface area (Å²) in [5.74, 6) is -0.211. The normalized spacial score (nSPS) is 12.8. The third-order valence-corrected chi connectivity index (χ3v) is 4.07. The second kappa shape index (κ2) is 6.26. The molecule has 7 heteroatoms. The average molecular weight is 332 g/mol. The van der Waals surface area contributed by atoms with E-state index in [1.807, 2.05) is 23.1 Å². The molecule has 118 valence electrons. The van der Waals surface area contributed by atoms with E-state index in [0.717, 1.165) is 18.7 Å². The minimum Gasteiger partial charge on any atom is -0.362 e. The fraction of sp³-hybridized carbons (Fsp3) is 0.188. The number of nitro groups is 1. The van der Waals surface area contributed by atoms with Crippen LogP contribution in [-0.4, -0.2) is 23.9 Å². The molecule has 2 aromatic carbocycles. The van der Waals surface area contributed by atoms with Gasteiger partial charge in [-0.1, -0.05) is 29.8 Å². The number of nitro benzene ring substituents is 1. The second-order valence-electron chi connectivity index (χ2n) is 5.27. The zero-order chi connectivity index (χ0) is 16.4. The number of halogens is 1. The Morgan fingerprint density at radius 2 is 2.09 bits per heavy atom. The molecule has 0 aliphatic carbocycles. The molecule has 0 fully saturated rings. The Kier molecular flexibility index (Phi) is 4.16. The van der Waals surface area contributed by atoms with Crippen LogP contribution in [0, 0.1) is 10.1 Å². The van der Waals surface area contributed by atoms with Crippen LogP contribution < -0.4 is 10.2 Å². The van der Waals surface area contributed by atoms with E-state index in [9.17, 15) is 14.9 Å². The van der Waals surface area contributed by atoms with Crippen molar-refractivity contribution in [1.29, 1.82) is 0 Å². The maximum Gasteiger partial charge on any atom is 0.271 e. The topological polar surface area (TPSA) is 75.5 Å². The monoisotopic (exact) mass is 331 g/mol. The van der Waals surface area contributed by atoms with Crippen molar-refractivity contribution in [3.8, 4) is 0 Å². The summed E-state index contributed by atoms with van der Waals surface area (Å²) in [6, 6.07) is 12.0. The molecule has 0 saturated carbocycles. The number of fused-ring (bicyclic) bond motifs is 1. The SMILES string of the molecule is O=C(CN1CCc2ccccc21)Nc1ccc([N+](=O)[O-])cc1Cl. The fourth-order valence-electron chi connectivity index (χ4n) is 2.65. The summed E-state index contributed by atoms with van der Waals surface area (Å²) in [7, 11) is 0. The first-order valence-corrected chi connectivity index (χ1v) is 7.49. The van der Waals surface area contributed by atoms with Crippen LogP contribution in [0.4, 0.5) is 17.1 Å². The largest absolute Gasteiger partial charge is 0.362 e. The van der Waals surface area contributed by atoms with Crippen molar-refractivity contribution in [3.63, 3.8) is 0 Å². The lowest BCUT2D eigenvalue weighted by molar-refractivity contribution is -0.384. The first kappa shape index (κ1) is 15.3. The van der Waals surface area contributed by atoms with Gasteiger partial charge in [-0.25, -0.2) is 0 Å². The van der Waals surface area contributed by atoms with Crippen molar-refractivity contribution in [2.75, 3.05) is 23.3 Å². The van der Waals surface area contributed by atoms with Gasteiger partial charge in [-0.05, 0) is 24.1 Å². The lowest BCUT2D eigenvalue weighted by Crippen LogP contribution is -2.31. The van der Waals surface area contributed by atoms with Crippen LogP contribution in [0.3, 0.4) is 0 Å². The molecule has 6 nitrogen and oxygen atoms in total. The van der Waals surface area contributed by atoms with Crippen molar-refractivity contribution >= 4 is 34.6 Å². The van der Waals surface area contributed by atoms with E-state index in [2.05, 4.69) is 11.4 Å². The van der Waals surface area contributed by atoms with Gasteiger partial charge >= 0.3 is 0 Å². The van der Waals surface area contributed by atoms with Gasteiger partial charge in [0.2, 0.25) is 5.91 Å². The number of hydrogen-bond acceptors (Lipinski definition) is 4. The molecule has 0 unspecified atom stereocenters. The van der Waals surface area contributed by atoms with Gasteiger partial charge < -0.3 is 10.2 Å². The summed E-state index contributed by atoms with van der Waals surface area (Å²) in [5, 5.41) is 13.5. The van der Waals surface area contributed by atoms with Gasteiger partial charge in [0.1, 0.15) is 0 Å². The Bertz CT molecular complexity index is 779. The number of nitrogens with one attached hydrogen (secondary N) is 1. The van der Waals surface area contributed by atoms with Crippen molar-refractivity contribution < 1.29 is 9.72 Å². The quantitative estimate of drug-likeness (QED) is 0.689. The summed E-state index contributed by atoms with van der Waals surface area (Å²) in [6.07, 6.45) is 0.918. The highest BCUT2D eigenvalue weighted by Crippen LogP contribution is 2.28. The molecule has 1 aliphatic rings. The number of amides is 1. The van der Waals surface area contributed by atoms with E-state index in [4.69, 9.17) is 11.6 Å². The Morgan fingerprint density at radius 3 is 2.83 bits per heavy atom. The molecule has 0 aromatic heterocycles. The molecule has 0 spiro atoms. The van der Waals surface area contributed by atoms with E-state index >= 15 is 0 Å². The second-order valence-corrected chi connectivity index (χ2v) is 5.68. The minimum absolute atomic E-state index is 0.110. The molecule has 0 saturated heterocycles. The van der Waals surface area contributed by atoms with Crippen LogP contribution >= 0.6 is 11.6 Å². The number of rotatable bonds is 4. The molecular weight excluding hydrogens is 318 g/mol. The van der Waals surface area contributed by atoms with Gasteiger partial charge in [-0.2, -0.15) is 0 Å². The third kappa shape index (κ3) is 3.27. The molecule has 0 bridgehead atoms. The van der Waals surface area contributed by atoms with Gasteiger partial charge in [0.05, 0.1) is 22.2 Å². The van der Waals surface area contributed by atoms with Crippen LogP contribution in [0.1, 0.15) is 5.56 Å². The lowest BCUT2D eigenvalue weighted by Gasteiger charge is -2.19. The molecule has 3 rings (SSSR count). The van der Waals surface area contributed by atoms with E-state index in [1.54, 1.807) is 0 Å². The summed E-state index contributed by atoms with van der Waals surface area (Å²) < 4.78 is 0. The van der Waals surface area contributed by atoms with E-state index in [1.165, 1.54) is 23.8 Å². The predicted molar refractivity (Wildman–Crippen MR) is 89.1 cm³/mol. The molecule has 0 radical (unpaired) electrons. The molecule has 1 heterocycles. The molecule has 23 heavy (non-hydrogen) atoms. The van der Waals surface area contributed by atoms with Crippen LogP contribution in [0.2, 0.25) is 5.02 Å². The number of carbonyl (C=O) groups is 1. The number of nitrogens with zero attached hydrogens (tertiary/aromatic N) is 2. The molecule has 1 aliphatic heterocycles. The standard InChI is InChI=1S/C16H14ClN3O3/c17-13-9-12(20(22)23)5-6-14(13)18-16(21)10-19-8-7-11-3-1-2-4-15(11)19/h1-6,9H,7-8,10H2,(H,18,21). The Labute approximate surface area is 137 Å². The van der Waals surface area contributed by atoms with Crippen LogP contribution in [0.25, 0.3) is 0 Å². The molecule has 1 N–H and O–H groups in total. The van der Waals surface area contributed by atoms with Crippen LogP contribution in [0.15, 0.2) is 42.5 Å². The van der Waals surface area contributed by atoms with Crippen molar-refractivity contribution in [2.24, 2.45) is 0 Å². The predicted octanol–water partition coefficient (Wildman–Crippen LogP) is 3.25.